The molecule has 6 nitrogen and oxygen atoms in total. The first kappa shape index (κ1) is 20.2. The van der Waals surface area contributed by atoms with Crippen molar-refractivity contribution in [3.8, 4) is 0 Å². The van der Waals surface area contributed by atoms with Crippen molar-refractivity contribution in [3.05, 3.63) is 71.6 Å². The predicted molar refractivity (Wildman–Crippen MR) is 102 cm³/mol. The lowest BCUT2D eigenvalue weighted by Crippen LogP contribution is -2.38. The molecule has 1 aliphatic heterocycles. The second-order valence-corrected chi connectivity index (χ2v) is 7.32. The number of ether oxygens (including phenoxy) is 1. The van der Waals surface area contributed by atoms with Gasteiger partial charge >= 0.3 is 6.18 Å². The molecule has 0 radical (unpaired) electrons. The first-order chi connectivity index (χ1) is 14.3. The van der Waals surface area contributed by atoms with E-state index in [0.29, 0.717) is 42.1 Å². The molecule has 3 heterocycles. The molecule has 1 aliphatic carbocycles. The van der Waals surface area contributed by atoms with Crippen molar-refractivity contribution >= 4 is 11.5 Å². The highest BCUT2D eigenvalue weighted by Crippen LogP contribution is 2.38. The van der Waals surface area contributed by atoms with Crippen LogP contribution >= 0.6 is 0 Å². The van der Waals surface area contributed by atoms with Gasteiger partial charge in [0.15, 0.2) is 0 Å². The van der Waals surface area contributed by atoms with Crippen LogP contribution in [0.15, 0.2) is 54.5 Å². The summed E-state index contributed by atoms with van der Waals surface area (Å²) in [6, 6.07) is 4.00. The fraction of sp³-hybridized carbons (Fsp3) is 0.333. The van der Waals surface area contributed by atoms with Crippen LogP contribution in [-0.2, 0) is 22.3 Å². The van der Waals surface area contributed by atoms with Gasteiger partial charge in [0, 0.05) is 30.7 Å². The summed E-state index contributed by atoms with van der Waals surface area (Å²) in [6.07, 6.45) is 3.87. The van der Waals surface area contributed by atoms with Crippen LogP contribution in [-0.4, -0.2) is 44.5 Å². The van der Waals surface area contributed by atoms with E-state index in [2.05, 4.69) is 15.0 Å². The van der Waals surface area contributed by atoms with Crippen LogP contribution in [0.2, 0.25) is 0 Å². The summed E-state index contributed by atoms with van der Waals surface area (Å²) in [6.45, 7) is 2.84. The summed E-state index contributed by atoms with van der Waals surface area (Å²) >= 11 is 0. The number of allylic oxidation sites excluding steroid dienone is 2. The maximum absolute atomic E-state index is 13.3. The molecule has 2 aromatic heterocycles. The Labute approximate surface area is 171 Å². The molecule has 0 N–H and O–H groups in total. The highest BCUT2D eigenvalue weighted by molar-refractivity contribution is 5.99. The van der Waals surface area contributed by atoms with Crippen molar-refractivity contribution in [2.45, 2.75) is 31.7 Å². The molecule has 0 aromatic carbocycles. The Morgan fingerprint density at radius 1 is 1.20 bits per heavy atom. The zero-order valence-electron chi connectivity index (χ0n) is 16.2. The lowest BCUT2D eigenvalue weighted by Gasteiger charge is -2.32. The average Bonchev–Trinajstić information content (AvgIpc) is 2.84. The lowest BCUT2D eigenvalue weighted by atomic mass is 9.83. The van der Waals surface area contributed by atoms with Gasteiger partial charge in [0.1, 0.15) is 11.5 Å². The van der Waals surface area contributed by atoms with E-state index in [1.807, 2.05) is 13.0 Å². The highest BCUT2D eigenvalue weighted by atomic mass is 19.4. The number of hydrogen-bond donors (Lipinski definition) is 0. The minimum atomic E-state index is -4.50. The summed E-state index contributed by atoms with van der Waals surface area (Å²) in [7, 11) is 0. The summed E-state index contributed by atoms with van der Waals surface area (Å²) < 4.78 is 44.4. The Bertz CT molecular complexity index is 1000. The molecule has 1 saturated heterocycles. The number of carbonyl (C=O) groups excluding carboxylic acids is 1. The molecule has 0 saturated carbocycles. The number of pyridine rings is 1. The number of aromatic nitrogens is 3. The fourth-order valence-electron chi connectivity index (χ4n) is 3.53. The number of amides is 1. The van der Waals surface area contributed by atoms with Gasteiger partial charge in [-0.15, -0.1) is 0 Å². The molecule has 0 spiro atoms. The summed E-state index contributed by atoms with van der Waals surface area (Å²) in [5.74, 6) is 0.321. The van der Waals surface area contributed by atoms with E-state index < -0.39 is 17.5 Å². The standard InChI is InChI=1S/C21H19F3N4O2/c1-20-6-5-14(15-3-4-17(27-12-15)21(22,23)24)11-16(20)19(29)28(9-10-30-20)13-18-25-7-2-8-26-18/h2-5,7-8,11-12H,6,9-10,13H2,1H3. The number of nitrogens with zero attached hydrogens (tertiary/aromatic N) is 4. The molecule has 9 heteroatoms. The van der Waals surface area contributed by atoms with Gasteiger partial charge in [-0.05, 0) is 42.7 Å². The number of hydrogen-bond acceptors (Lipinski definition) is 5. The zero-order chi connectivity index (χ0) is 21.4. The topological polar surface area (TPSA) is 68.2 Å². The Morgan fingerprint density at radius 2 is 1.97 bits per heavy atom. The minimum absolute atomic E-state index is 0.201. The van der Waals surface area contributed by atoms with E-state index in [-0.39, 0.29) is 12.5 Å². The van der Waals surface area contributed by atoms with Crippen molar-refractivity contribution < 1.29 is 22.7 Å². The maximum Gasteiger partial charge on any atom is 0.433 e. The van der Waals surface area contributed by atoms with Crippen molar-refractivity contribution in [1.29, 1.82) is 0 Å². The monoisotopic (exact) mass is 416 g/mol. The SMILES string of the molecule is CC12CC=C(c3ccc(C(F)(F)F)nc3)C=C1C(=O)N(Cc1ncccn1)CCO2. The molecule has 2 aromatic rings. The fourth-order valence-corrected chi connectivity index (χ4v) is 3.53. The van der Waals surface area contributed by atoms with Gasteiger partial charge in [0.05, 0.1) is 18.8 Å². The van der Waals surface area contributed by atoms with E-state index in [1.54, 1.807) is 29.4 Å². The molecule has 1 fully saturated rings. The van der Waals surface area contributed by atoms with E-state index in [1.165, 1.54) is 12.3 Å². The van der Waals surface area contributed by atoms with Crippen LogP contribution in [0.5, 0.6) is 0 Å². The molecule has 0 bridgehead atoms. The minimum Gasteiger partial charge on any atom is -0.368 e. The van der Waals surface area contributed by atoms with Crippen molar-refractivity contribution in [3.63, 3.8) is 0 Å². The Morgan fingerprint density at radius 3 is 2.63 bits per heavy atom. The molecule has 156 valence electrons. The summed E-state index contributed by atoms with van der Waals surface area (Å²) in [5.41, 5.74) is -0.158. The molecule has 1 amide bonds. The van der Waals surface area contributed by atoms with Gasteiger partial charge in [-0.25, -0.2) is 9.97 Å². The number of carbonyl (C=O) groups is 1. The van der Waals surface area contributed by atoms with E-state index in [4.69, 9.17) is 4.74 Å². The van der Waals surface area contributed by atoms with Gasteiger partial charge in [0.25, 0.3) is 5.91 Å². The van der Waals surface area contributed by atoms with Crippen LogP contribution in [0.3, 0.4) is 0 Å². The molecular weight excluding hydrogens is 397 g/mol. The average molecular weight is 416 g/mol. The van der Waals surface area contributed by atoms with Crippen LogP contribution in [0.4, 0.5) is 13.2 Å². The predicted octanol–water partition coefficient (Wildman–Crippen LogP) is 3.42. The molecule has 2 aliphatic rings. The molecule has 1 atom stereocenters. The summed E-state index contributed by atoms with van der Waals surface area (Å²) in [4.78, 5) is 26.8. The highest BCUT2D eigenvalue weighted by Gasteiger charge is 2.40. The van der Waals surface area contributed by atoms with Crippen molar-refractivity contribution in [1.82, 2.24) is 19.9 Å². The van der Waals surface area contributed by atoms with Crippen LogP contribution in [0, 0.1) is 0 Å². The number of alkyl halides is 3. The third-order valence-corrected chi connectivity index (χ3v) is 5.22. The van der Waals surface area contributed by atoms with Gasteiger partial charge in [-0.1, -0.05) is 12.1 Å². The molecule has 30 heavy (non-hydrogen) atoms. The van der Waals surface area contributed by atoms with Crippen molar-refractivity contribution in [2.24, 2.45) is 0 Å². The van der Waals surface area contributed by atoms with Gasteiger partial charge < -0.3 is 9.64 Å². The molecule has 1 unspecified atom stereocenters. The molecule has 4 rings (SSSR count). The quantitative estimate of drug-likeness (QED) is 0.767. The second-order valence-electron chi connectivity index (χ2n) is 7.32. The first-order valence-corrected chi connectivity index (χ1v) is 9.41. The maximum atomic E-state index is 13.3. The van der Waals surface area contributed by atoms with Gasteiger partial charge in [-0.3, -0.25) is 9.78 Å². The summed E-state index contributed by atoms with van der Waals surface area (Å²) in [5, 5.41) is 0. The van der Waals surface area contributed by atoms with Crippen LogP contribution < -0.4 is 0 Å². The number of fused-ring (bicyclic) bond motifs is 1. The second kappa shape index (κ2) is 7.64. The Kier molecular flexibility index (Phi) is 5.15. The smallest absolute Gasteiger partial charge is 0.368 e. The first-order valence-electron chi connectivity index (χ1n) is 9.41. The van der Waals surface area contributed by atoms with Crippen molar-refractivity contribution in [2.75, 3.05) is 13.2 Å². The van der Waals surface area contributed by atoms with Gasteiger partial charge in [0.2, 0.25) is 0 Å². The van der Waals surface area contributed by atoms with Crippen LogP contribution in [0.25, 0.3) is 5.57 Å². The molecular formula is C21H19F3N4O2. The third kappa shape index (κ3) is 3.97. The normalized spacial score (nSPS) is 22.1. The van der Waals surface area contributed by atoms with E-state index >= 15 is 0 Å². The lowest BCUT2D eigenvalue weighted by molar-refractivity contribution is -0.141. The van der Waals surface area contributed by atoms with E-state index in [0.717, 1.165) is 6.07 Å². The zero-order valence-corrected chi connectivity index (χ0v) is 16.2. The van der Waals surface area contributed by atoms with Gasteiger partial charge in [-0.2, -0.15) is 13.2 Å². The number of rotatable bonds is 3. The van der Waals surface area contributed by atoms with Crippen LogP contribution in [0.1, 0.15) is 30.4 Å². The Balaban J connectivity index is 1.63. The number of halogens is 3. The van der Waals surface area contributed by atoms with E-state index in [9.17, 15) is 18.0 Å². The third-order valence-electron chi connectivity index (χ3n) is 5.22. The Hall–Kier alpha value is -3.07. The largest absolute Gasteiger partial charge is 0.433 e.